The molecule has 0 aromatic rings. The van der Waals surface area contributed by atoms with E-state index in [1.165, 1.54) is 4.31 Å². The average molecular weight is 382 g/mol. The molecule has 1 amide bonds. The van der Waals surface area contributed by atoms with E-state index in [0.29, 0.717) is 39.3 Å². The van der Waals surface area contributed by atoms with Gasteiger partial charge in [-0.05, 0) is 20.0 Å². The number of hydrogen-bond donors (Lipinski definition) is 1. The molecule has 0 saturated carbocycles. The third-order valence-corrected chi connectivity index (χ3v) is 7.11. The summed E-state index contributed by atoms with van der Waals surface area (Å²) in [5.41, 5.74) is 0. The van der Waals surface area contributed by atoms with Crippen LogP contribution in [0.5, 0.6) is 0 Å². The molecule has 24 heavy (non-hydrogen) atoms. The largest absolute Gasteiger partial charge is 0.340 e. The van der Waals surface area contributed by atoms with Crippen molar-refractivity contribution in [2.45, 2.75) is 6.42 Å². The quantitative estimate of drug-likeness (QED) is 0.654. The fourth-order valence-corrected chi connectivity index (χ4v) is 5.02. The molecule has 0 aromatic carbocycles. The van der Waals surface area contributed by atoms with Gasteiger partial charge in [0, 0.05) is 58.9 Å². The molecule has 1 N–H and O–H groups in total. The van der Waals surface area contributed by atoms with E-state index in [9.17, 15) is 13.2 Å². The normalized spacial score (nSPS) is 27.9. The molecule has 3 aliphatic heterocycles. The summed E-state index contributed by atoms with van der Waals surface area (Å²) in [4.78, 5) is 16.4. The van der Waals surface area contributed by atoms with Gasteiger partial charge in [0.05, 0.1) is 5.92 Å². The van der Waals surface area contributed by atoms with Gasteiger partial charge in [-0.2, -0.15) is 17.0 Å². The fourth-order valence-electron chi connectivity index (χ4n) is 3.44. The lowest BCUT2D eigenvalue weighted by molar-refractivity contribution is -0.136. The van der Waals surface area contributed by atoms with Gasteiger partial charge < -0.3 is 15.1 Å². The zero-order valence-corrected chi connectivity index (χ0v) is 15.8. The van der Waals surface area contributed by atoms with E-state index >= 15 is 0 Å². The van der Waals surface area contributed by atoms with Crippen LogP contribution in [0, 0.1) is 5.92 Å². The summed E-state index contributed by atoms with van der Waals surface area (Å²) in [7, 11) is -1.38. The fraction of sp³-hybridized carbons (Fsp3) is 0.929. The van der Waals surface area contributed by atoms with Gasteiger partial charge in [-0.1, -0.05) is 0 Å². The third kappa shape index (κ3) is 4.20. The van der Waals surface area contributed by atoms with E-state index in [-0.39, 0.29) is 24.2 Å². The molecule has 0 aliphatic carbocycles. The molecule has 0 aromatic heterocycles. The molecule has 1 atom stereocenters. The summed E-state index contributed by atoms with van der Waals surface area (Å²) in [6.45, 7) is 6.09. The number of hydrogen-bond acceptors (Lipinski definition) is 5. The number of nitrogens with zero attached hydrogens (tertiary/aromatic N) is 4. The van der Waals surface area contributed by atoms with Gasteiger partial charge in [-0.25, -0.2) is 0 Å². The number of carbonyl (C=O) groups excluding carboxylic acids is 1. The van der Waals surface area contributed by atoms with Gasteiger partial charge in [0.15, 0.2) is 0 Å². The summed E-state index contributed by atoms with van der Waals surface area (Å²) in [5, 5.41) is 3.21. The van der Waals surface area contributed by atoms with Crippen molar-refractivity contribution in [1.29, 1.82) is 0 Å². The molecule has 3 heterocycles. The van der Waals surface area contributed by atoms with Crippen molar-refractivity contribution < 1.29 is 13.2 Å². The molecule has 0 radical (unpaired) electrons. The zero-order chi connectivity index (χ0) is 16.4. The van der Waals surface area contributed by atoms with Crippen molar-refractivity contribution in [3.8, 4) is 0 Å². The standard InChI is InChI=1S/C14H27N5O3S.ClH/c1-16-4-8-18(9-5-16)23(21,22)19-10-6-17(7-11-19)14(20)13-2-3-15-12-13;/h13,15H,2-12H2,1H3;1H. The van der Waals surface area contributed by atoms with Crippen LogP contribution in [0.3, 0.4) is 0 Å². The molecule has 0 bridgehead atoms. The minimum Gasteiger partial charge on any atom is -0.340 e. The molecule has 3 aliphatic rings. The number of likely N-dealkylation sites (N-methyl/N-ethyl adjacent to an activating group) is 1. The highest BCUT2D eigenvalue weighted by atomic mass is 35.5. The first kappa shape index (κ1) is 19.9. The van der Waals surface area contributed by atoms with E-state index in [1.807, 2.05) is 11.9 Å². The van der Waals surface area contributed by atoms with E-state index in [1.54, 1.807) is 4.31 Å². The van der Waals surface area contributed by atoms with Crippen LogP contribution in [-0.4, -0.2) is 105 Å². The first-order chi connectivity index (χ1) is 11.0. The van der Waals surface area contributed by atoms with E-state index < -0.39 is 10.2 Å². The molecular weight excluding hydrogens is 354 g/mol. The maximum absolute atomic E-state index is 12.7. The van der Waals surface area contributed by atoms with Crippen molar-refractivity contribution >= 4 is 28.5 Å². The number of carbonyl (C=O) groups is 1. The number of amides is 1. The van der Waals surface area contributed by atoms with Crippen LogP contribution >= 0.6 is 12.4 Å². The smallest absolute Gasteiger partial charge is 0.282 e. The Hall–Kier alpha value is -0.450. The van der Waals surface area contributed by atoms with E-state index in [2.05, 4.69) is 10.2 Å². The van der Waals surface area contributed by atoms with Gasteiger partial charge in [0.1, 0.15) is 0 Å². The number of rotatable bonds is 3. The molecule has 3 rings (SSSR count). The lowest BCUT2D eigenvalue weighted by Crippen LogP contribution is -2.57. The van der Waals surface area contributed by atoms with Crippen molar-refractivity contribution in [3.63, 3.8) is 0 Å². The van der Waals surface area contributed by atoms with Crippen LogP contribution < -0.4 is 5.32 Å². The minimum atomic E-state index is -3.39. The number of nitrogens with one attached hydrogen (secondary N) is 1. The Morgan fingerprint density at radius 2 is 1.50 bits per heavy atom. The summed E-state index contributed by atoms with van der Waals surface area (Å²) in [6, 6.07) is 0. The monoisotopic (exact) mass is 381 g/mol. The van der Waals surface area contributed by atoms with Gasteiger partial charge in [-0.15, -0.1) is 12.4 Å². The molecule has 10 heteroatoms. The Morgan fingerprint density at radius 3 is 2.00 bits per heavy atom. The van der Waals surface area contributed by atoms with Gasteiger partial charge >= 0.3 is 0 Å². The van der Waals surface area contributed by atoms with Crippen molar-refractivity contribution in [2.75, 3.05) is 72.5 Å². The van der Waals surface area contributed by atoms with Crippen molar-refractivity contribution in [3.05, 3.63) is 0 Å². The summed E-state index contributed by atoms with van der Waals surface area (Å²) >= 11 is 0. The zero-order valence-electron chi connectivity index (χ0n) is 14.2. The first-order valence-electron chi connectivity index (χ1n) is 8.42. The molecule has 3 saturated heterocycles. The number of piperazine rings is 2. The van der Waals surface area contributed by atoms with E-state index in [4.69, 9.17) is 0 Å². The molecule has 140 valence electrons. The average Bonchev–Trinajstić information content (AvgIpc) is 3.09. The Labute approximate surface area is 150 Å². The second-order valence-corrected chi connectivity index (χ2v) is 8.55. The van der Waals surface area contributed by atoms with Crippen LogP contribution in [0.25, 0.3) is 0 Å². The Kier molecular flexibility index (Phi) is 6.86. The van der Waals surface area contributed by atoms with Crippen LogP contribution in [0.15, 0.2) is 0 Å². The Morgan fingerprint density at radius 1 is 0.958 bits per heavy atom. The second kappa shape index (κ2) is 8.29. The van der Waals surface area contributed by atoms with Crippen LogP contribution in [0.4, 0.5) is 0 Å². The maximum atomic E-state index is 12.7. The SMILES string of the molecule is CN1CCN(S(=O)(=O)N2CCN(C(=O)C3CCNC3)CC2)CC1.Cl. The van der Waals surface area contributed by atoms with Crippen LogP contribution in [0.2, 0.25) is 0 Å². The lowest BCUT2D eigenvalue weighted by atomic mass is 10.1. The first-order valence-corrected chi connectivity index (χ1v) is 9.81. The van der Waals surface area contributed by atoms with E-state index in [0.717, 1.165) is 32.6 Å². The Bertz CT molecular complexity index is 525. The summed E-state index contributed by atoms with van der Waals surface area (Å²) in [6.07, 6.45) is 0.888. The predicted octanol–water partition coefficient (Wildman–Crippen LogP) is -1.35. The van der Waals surface area contributed by atoms with Gasteiger partial charge in [0.2, 0.25) is 5.91 Å². The van der Waals surface area contributed by atoms with Crippen LogP contribution in [0.1, 0.15) is 6.42 Å². The van der Waals surface area contributed by atoms with Crippen molar-refractivity contribution in [1.82, 2.24) is 23.7 Å². The second-order valence-electron chi connectivity index (χ2n) is 6.62. The molecule has 8 nitrogen and oxygen atoms in total. The summed E-state index contributed by atoms with van der Waals surface area (Å²) < 4.78 is 28.5. The highest BCUT2D eigenvalue weighted by Gasteiger charge is 2.36. The molecule has 1 unspecified atom stereocenters. The summed E-state index contributed by atoms with van der Waals surface area (Å²) in [5.74, 6) is 0.238. The lowest BCUT2D eigenvalue weighted by Gasteiger charge is -2.39. The van der Waals surface area contributed by atoms with Gasteiger partial charge in [-0.3, -0.25) is 4.79 Å². The highest BCUT2D eigenvalue weighted by Crippen LogP contribution is 2.17. The maximum Gasteiger partial charge on any atom is 0.282 e. The predicted molar refractivity (Wildman–Crippen MR) is 94.4 cm³/mol. The minimum absolute atomic E-state index is 0. The van der Waals surface area contributed by atoms with Gasteiger partial charge in [0.25, 0.3) is 10.2 Å². The molecular formula is C14H28ClN5O3S. The molecule has 3 fully saturated rings. The van der Waals surface area contributed by atoms with Crippen molar-refractivity contribution in [2.24, 2.45) is 5.92 Å². The third-order valence-electron chi connectivity index (χ3n) is 5.07. The van der Waals surface area contributed by atoms with Crippen LogP contribution in [-0.2, 0) is 15.0 Å². The Balaban J connectivity index is 0.00000208. The highest BCUT2D eigenvalue weighted by molar-refractivity contribution is 7.86. The molecule has 0 spiro atoms. The number of halogens is 1. The topological polar surface area (TPSA) is 76.2 Å².